The lowest BCUT2D eigenvalue weighted by atomic mass is 10.0. The summed E-state index contributed by atoms with van der Waals surface area (Å²) in [6.45, 7) is 0. The van der Waals surface area contributed by atoms with Gasteiger partial charge in [0.15, 0.2) is 5.17 Å². The van der Waals surface area contributed by atoms with Gasteiger partial charge in [0.1, 0.15) is 0 Å². The topological polar surface area (TPSA) is 44.7 Å². The van der Waals surface area contributed by atoms with Crippen molar-refractivity contribution in [2.75, 3.05) is 0 Å². The molecule has 1 N–H and O–H groups in total. The Morgan fingerprint density at radius 1 is 1.25 bits per heavy atom. The van der Waals surface area contributed by atoms with Crippen LogP contribution in [-0.2, 0) is 5.66 Å². The predicted octanol–water partition coefficient (Wildman–Crippen LogP) is 3.81. The van der Waals surface area contributed by atoms with Gasteiger partial charge in [-0.25, -0.2) is 14.7 Å². The van der Waals surface area contributed by atoms with Crippen molar-refractivity contribution in [3.05, 3.63) is 47.5 Å². The molecule has 2 aliphatic rings. The van der Waals surface area contributed by atoms with Gasteiger partial charge in [0.25, 0.3) is 0 Å². The van der Waals surface area contributed by atoms with Gasteiger partial charge in [-0.3, -0.25) is 0 Å². The van der Waals surface area contributed by atoms with E-state index in [1.807, 2.05) is 6.07 Å². The Bertz CT molecular complexity index is 614. The number of halogens is 3. The average Bonchev–Trinajstić information content (AvgIpc) is 2.87. The van der Waals surface area contributed by atoms with Gasteiger partial charge in [-0.05, 0) is 5.41 Å². The maximum atomic E-state index is 12.2. The van der Waals surface area contributed by atoms with E-state index in [1.165, 1.54) is 16.7 Å². The number of amides is 2. The Morgan fingerprint density at radius 2 is 1.95 bits per heavy atom. The Morgan fingerprint density at radius 3 is 2.60 bits per heavy atom. The highest BCUT2D eigenvalue weighted by Crippen LogP contribution is 2.48. The summed E-state index contributed by atoms with van der Waals surface area (Å²) in [4.78, 5) is 18.1. The number of benzene rings is 1. The number of hydrogen-bond acceptors (Lipinski definition) is 3. The van der Waals surface area contributed by atoms with Gasteiger partial charge in [-0.15, -0.1) is 0 Å². The molecule has 104 valence electrons. The van der Waals surface area contributed by atoms with E-state index in [0.717, 1.165) is 0 Å². The lowest BCUT2D eigenvalue weighted by Gasteiger charge is -2.41. The summed E-state index contributed by atoms with van der Waals surface area (Å²) in [6.07, 6.45) is 1.62. The molecule has 0 bridgehead atoms. The van der Waals surface area contributed by atoms with Gasteiger partial charge >= 0.3 is 6.03 Å². The largest absolute Gasteiger partial charge is 0.329 e. The fourth-order valence-corrected chi connectivity index (χ4v) is 3.35. The molecule has 0 aromatic heterocycles. The SMILES string of the molecule is O=C1NC(c2ccccc2)(C(Cl)(Cl)Cl)N=C2SC=CN12. The molecule has 2 heterocycles. The van der Waals surface area contributed by atoms with Crippen molar-refractivity contribution in [2.45, 2.75) is 9.46 Å². The number of amidine groups is 1. The average molecular weight is 349 g/mol. The molecule has 0 spiro atoms. The summed E-state index contributed by atoms with van der Waals surface area (Å²) in [6, 6.07) is 8.57. The standard InChI is InChI=1S/C12H8Cl3N3OS/c13-12(14,15)11(8-4-2-1-3-5-8)16-9(19)18-6-7-20-10(18)17-11/h1-7H,(H,16,19). The van der Waals surface area contributed by atoms with Crippen LogP contribution in [0.1, 0.15) is 5.56 Å². The number of carbonyl (C=O) groups is 1. The molecular formula is C12H8Cl3N3OS. The normalized spacial score (nSPS) is 25.2. The number of aliphatic imine (C=N–C) groups is 1. The van der Waals surface area contributed by atoms with Crippen LogP contribution in [0.25, 0.3) is 0 Å². The molecule has 2 aliphatic heterocycles. The zero-order chi connectivity index (χ0) is 14.4. The molecule has 8 heteroatoms. The van der Waals surface area contributed by atoms with E-state index >= 15 is 0 Å². The number of rotatable bonds is 1. The van der Waals surface area contributed by atoms with E-state index in [2.05, 4.69) is 10.3 Å². The fourth-order valence-electron chi connectivity index (χ4n) is 2.01. The summed E-state index contributed by atoms with van der Waals surface area (Å²) in [5.74, 6) is 0. The second-order valence-electron chi connectivity index (χ2n) is 4.17. The lowest BCUT2D eigenvalue weighted by molar-refractivity contribution is 0.208. The molecular weight excluding hydrogens is 341 g/mol. The van der Waals surface area contributed by atoms with Crippen LogP contribution < -0.4 is 5.32 Å². The third-order valence-electron chi connectivity index (χ3n) is 2.96. The number of nitrogens with one attached hydrogen (secondary N) is 1. The molecule has 1 aromatic carbocycles. The Kier molecular flexibility index (Phi) is 3.41. The van der Waals surface area contributed by atoms with Crippen molar-refractivity contribution < 1.29 is 4.79 Å². The van der Waals surface area contributed by atoms with Crippen LogP contribution in [0.5, 0.6) is 0 Å². The van der Waals surface area contributed by atoms with E-state index in [9.17, 15) is 4.79 Å². The van der Waals surface area contributed by atoms with Gasteiger partial charge in [0, 0.05) is 11.8 Å². The molecule has 1 atom stereocenters. The van der Waals surface area contributed by atoms with Crippen molar-refractivity contribution >= 4 is 57.8 Å². The van der Waals surface area contributed by atoms with Crippen LogP contribution in [0.4, 0.5) is 4.79 Å². The maximum Gasteiger partial charge on any atom is 0.329 e. The van der Waals surface area contributed by atoms with Crippen molar-refractivity contribution in [1.29, 1.82) is 0 Å². The molecule has 0 radical (unpaired) electrons. The zero-order valence-corrected chi connectivity index (χ0v) is 13.0. The number of fused-ring (bicyclic) bond motifs is 1. The molecule has 4 nitrogen and oxygen atoms in total. The highest BCUT2D eigenvalue weighted by Gasteiger charge is 2.55. The monoisotopic (exact) mass is 347 g/mol. The quantitative estimate of drug-likeness (QED) is 0.784. The van der Waals surface area contributed by atoms with Crippen molar-refractivity contribution in [1.82, 2.24) is 10.2 Å². The van der Waals surface area contributed by atoms with E-state index in [-0.39, 0.29) is 6.03 Å². The van der Waals surface area contributed by atoms with Gasteiger partial charge < -0.3 is 5.32 Å². The molecule has 0 saturated heterocycles. The van der Waals surface area contributed by atoms with Gasteiger partial charge in [-0.2, -0.15) is 0 Å². The smallest absolute Gasteiger partial charge is 0.305 e. The highest BCUT2D eigenvalue weighted by molar-refractivity contribution is 8.16. The third kappa shape index (κ3) is 2.09. The van der Waals surface area contributed by atoms with Crippen LogP contribution in [0.15, 0.2) is 46.9 Å². The Balaban J connectivity index is 2.19. The molecule has 20 heavy (non-hydrogen) atoms. The molecule has 0 aliphatic carbocycles. The third-order valence-corrected chi connectivity index (χ3v) is 4.54. The van der Waals surface area contributed by atoms with E-state index in [0.29, 0.717) is 10.7 Å². The van der Waals surface area contributed by atoms with E-state index < -0.39 is 9.46 Å². The molecule has 2 amide bonds. The van der Waals surface area contributed by atoms with Crippen LogP contribution in [0, 0.1) is 0 Å². The lowest BCUT2D eigenvalue weighted by Crippen LogP contribution is -2.60. The summed E-state index contributed by atoms with van der Waals surface area (Å²) in [7, 11) is 0. The van der Waals surface area contributed by atoms with Gasteiger partial charge in [0.2, 0.25) is 9.46 Å². The number of urea groups is 1. The van der Waals surface area contributed by atoms with Crippen LogP contribution >= 0.6 is 46.6 Å². The molecule has 3 rings (SSSR count). The highest BCUT2D eigenvalue weighted by atomic mass is 35.6. The van der Waals surface area contributed by atoms with Crippen molar-refractivity contribution in [3.63, 3.8) is 0 Å². The molecule has 0 saturated carbocycles. The zero-order valence-electron chi connectivity index (χ0n) is 9.89. The van der Waals surface area contributed by atoms with E-state index in [1.54, 1.807) is 35.9 Å². The van der Waals surface area contributed by atoms with Crippen LogP contribution in [0.3, 0.4) is 0 Å². The second-order valence-corrected chi connectivity index (χ2v) is 7.33. The first-order chi connectivity index (χ1) is 9.44. The minimum absolute atomic E-state index is 0.383. The first-order valence-electron chi connectivity index (χ1n) is 5.61. The molecule has 0 fully saturated rings. The number of alkyl halides is 3. The van der Waals surface area contributed by atoms with Gasteiger partial charge in [-0.1, -0.05) is 76.9 Å². The summed E-state index contributed by atoms with van der Waals surface area (Å²) < 4.78 is -1.83. The minimum atomic E-state index is -1.83. The Labute approximate surface area is 134 Å². The Hall–Kier alpha value is -0.880. The fraction of sp³-hybridized carbons (Fsp3) is 0.167. The number of thioether (sulfide) groups is 1. The summed E-state index contributed by atoms with van der Waals surface area (Å²) in [5, 5.41) is 4.92. The van der Waals surface area contributed by atoms with E-state index in [4.69, 9.17) is 34.8 Å². The first-order valence-corrected chi connectivity index (χ1v) is 7.62. The second kappa shape index (κ2) is 4.84. The summed E-state index contributed by atoms with van der Waals surface area (Å²) >= 11 is 19.7. The molecule has 1 aromatic rings. The maximum absolute atomic E-state index is 12.2. The summed E-state index contributed by atoms with van der Waals surface area (Å²) in [5.41, 5.74) is -0.839. The number of carbonyl (C=O) groups excluding carboxylic acids is 1. The predicted molar refractivity (Wildman–Crippen MR) is 82.9 cm³/mol. The van der Waals surface area contributed by atoms with Gasteiger partial charge in [0.05, 0.1) is 0 Å². The first kappa shape index (κ1) is 14.1. The van der Waals surface area contributed by atoms with Crippen molar-refractivity contribution in [2.24, 2.45) is 4.99 Å². The molecule has 1 unspecified atom stereocenters. The number of hydrogen-bond donors (Lipinski definition) is 1. The van der Waals surface area contributed by atoms with Crippen LogP contribution in [-0.4, -0.2) is 19.9 Å². The van der Waals surface area contributed by atoms with Crippen LogP contribution in [0.2, 0.25) is 0 Å². The minimum Gasteiger partial charge on any atom is -0.305 e. The van der Waals surface area contributed by atoms with Crippen molar-refractivity contribution in [3.8, 4) is 0 Å². The number of nitrogens with zero attached hydrogens (tertiary/aromatic N) is 2.